The van der Waals surface area contributed by atoms with Gasteiger partial charge in [-0.3, -0.25) is 4.99 Å². The van der Waals surface area contributed by atoms with Gasteiger partial charge < -0.3 is 10.2 Å². The van der Waals surface area contributed by atoms with E-state index in [1.807, 2.05) is 38.9 Å². The lowest BCUT2D eigenvalue weighted by Crippen LogP contribution is -2.40. The fourth-order valence-corrected chi connectivity index (χ4v) is 1.34. The number of hydrazine groups is 1. The number of rotatable bonds is 8. The van der Waals surface area contributed by atoms with Crippen LogP contribution in [0.1, 0.15) is 34.6 Å². The maximum atomic E-state index is 5.75. The molecular weight excluding hydrogens is 272 g/mol. The van der Waals surface area contributed by atoms with Crippen molar-refractivity contribution in [2.75, 3.05) is 13.2 Å². The molecule has 5 nitrogen and oxygen atoms in total. The van der Waals surface area contributed by atoms with Gasteiger partial charge in [-0.15, -0.1) is 11.6 Å². The highest BCUT2D eigenvalue weighted by atomic mass is 35.5. The highest BCUT2D eigenvalue weighted by Crippen LogP contribution is 2.04. The fourth-order valence-electron chi connectivity index (χ4n) is 1.15. The average Bonchev–Trinajstić information content (AvgIpc) is 2.25. The van der Waals surface area contributed by atoms with Crippen molar-refractivity contribution in [3.05, 3.63) is 0 Å². The molecule has 0 saturated heterocycles. The molecule has 0 fully saturated rings. The fraction of sp³-hybridized carbons (Fsp3) is 0.909. The molecule has 1 unspecified atom stereocenters. The largest absolute Gasteiger partial charge is 0.377 e. The summed E-state index contributed by atoms with van der Waals surface area (Å²) in [5.74, 6) is 0.763. The third-order valence-corrected chi connectivity index (χ3v) is 2.68. The summed E-state index contributed by atoms with van der Waals surface area (Å²) in [5.41, 5.74) is 5.63. The van der Waals surface area contributed by atoms with Crippen LogP contribution in [0.15, 0.2) is 4.99 Å². The number of thiol groups is 1. The van der Waals surface area contributed by atoms with Crippen LogP contribution in [0, 0.1) is 0 Å². The van der Waals surface area contributed by atoms with Crippen LogP contribution in [0.3, 0.4) is 0 Å². The summed E-state index contributed by atoms with van der Waals surface area (Å²) in [5, 5.41) is 0. The van der Waals surface area contributed by atoms with Crippen molar-refractivity contribution in [1.29, 1.82) is 0 Å². The van der Waals surface area contributed by atoms with Crippen molar-refractivity contribution in [3.63, 3.8) is 0 Å². The van der Waals surface area contributed by atoms with Crippen LogP contribution in [-0.4, -0.2) is 41.1 Å². The molecule has 0 aromatic rings. The zero-order valence-corrected chi connectivity index (χ0v) is 13.4. The van der Waals surface area contributed by atoms with Crippen molar-refractivity contribution in [2.45, 2.75) is 52.4 Å². The molecule has 18 heavy (non-hydrogen) atoms. The normalized spacial score (nSPS) is 16.2. The van der Waals surface area contributed by atoms with Crippen LogP contribution >= 0.6 is 24.4 Å². The number of nitrogens with zero attached hydrogens (tertiary/aromatic N) is 2. The zero-order chi connectivity index (χ0) is 14.1. The maximum Gasteiger partial charge on any atom is 0.110 e. The number of amidine groups is 1. The Labute approximate surface area is 121 Å². The van der Waals surface area contributed by atoms with Gasteiger partial charge >= 0.3 is 0 Å². The Kier molecular flexibility index (Phi) is 9.85. The quantitative estimate of drug-likeness (QED) is 0.160. The Hall–Kier alpha value is -0.0100. The van der Waals surface area contributed by atoms with Gasteiger partial charge in [-0.2, -0.15) is 0 Å². The Morgan fingerprint density at radius 3 is 2.50 bits per heavy atom. The lowest BCUT2D eigenvalue weighted by Gasteiger charge is -2.21. The minimum absolute atomic E-state index is 0.0379. The van der Waals surface area contributed by atoms with Gasteiger partial charge in [-0.25, -0.2) is 9.73 Å². The number of hydrogen-bond donors (Lipinski definition) is 3. The van der Waals surface area contributed by atoms with Gasteiger partial charge in [0.2, 0.25) is 0 Å². The van der Waals surface area contributed by atoms with E-state index < -0.39 is 0 Å². The summed E-state index contributed by atoms with van der Waals surface area (Å²) in [6.45, 7) is 11.1. The van der Waals surface area contributed by atoms with Gasteiger partial charge in [0.15, 0.2) is 0 Å². The Morgan fingerprint density at radius 1 is 1.39 bits per heavy atom. The number of alkyl halides is 1. The van der Waals surface area contributed by atoms with Gasteiger partial charge in [-0.1, -0.05) is 12.8 Å². The standard InChI is InChI=1S/C11H25ClN4OS/c1-8(2)17-7-6-16(18)11(5)13-10(4)15-14-9(3)12/h8-9,11,14,18H,6-7H2,1-5H3,(H,13,15)/t9-,11?/m0/s1. The van der Waals surface area contributed by atoms with Crippen molar-refractivity contribution >= 4 is 30.3 Å². The van der Waals surface area contributed by atoms with E-state index in [2.05, 4.69) is 28.7 Å². The van der Waals surface area contributed by atoms with E-state index in [4.69, 9.17) is 16.3 Å². The zero-order valence-electron chi connectivity index (χ0n) is 11.8. The molecule has 7 heteroatoms. The van der Waals surface area contributed by atoms with E-state index in [1.165, 1.54) is 0 Å². The van der Waals surface area contributed by atoms with Gasteiger partial charge in [0, 0.05) is 6.54 Å². The lowest BCUT2D eigenvalue weighted by molar-refractivity contribution is 0.0698. The second-order valence-corrected chi connectivity index (χ2v) is 5.48. The number of halogens is 1. The third kappa shape index (κ3) is 9.96. The smallest absolute Gasteiger partial charge is 0.110 e. The van der Waals surface area contributed by atoms with Crippen molar-refractivity contribution in [1.82, 2.24) is 15.2 Å². The van der Waals surface area contributed by atoms with E-state index in [0.717, 1.165) is 12.4 Å². The third-order valence-electron chi connectivity index (χ3n) is 2.04. The van der Waals surface area contributed by atoms with Crippen LogP contribution in [0.5, 0.6) is 0 Å². The molecule has 0 amide bonds. The highest BCUT2D eigenvalue weighted by molar-refractivity contribution is 7.77. The number of hydrogen-bond acceptors (Lipinski definition) is 5. The van der Waals surface area contributed by atoms with E-state index in [-0.39, 0.29) is 17.8 Å². The Balaban J connectivity index is 3.96. The Morgan fingerprint density at radius 2 is 2.00 bits per heavy atom. The van der Waals surface area contributed by atoms with Crippen LogP contribution in [0.4, 0.5) is 0 Å². The molecular formula is C11H25ClN4OS. The van der Waals surface area contributed by atoms with Crippen molar-refractivity contribution in [2.24, 2.45) is 4.99 Å². The first-order valence-electron chi connectivity index (χ1n) is 6.10. The molecule has 0 rings (SSSR count). The molecule has 0 aliphatic carbocycles. The Bertz CT molecular complexity index is 251. The molecule has 0 radical (unpaired) electrons. The number of nitrogens with one attached hydrogen (secondary N) is 2. The molecule has 0 bridgehead atoms. The molecule has 0 aromatic carbocycles. The first-order valence-corrected chi connectivity index (χ1v) is 6.93. The van der Waals surface area contributed by atoms with Gasteiger partial charge in [0.25, 0.3) is 0 Å². The van der Waals surface area contributed by atoms with Crippen LogP contribution in [0.2, 0.25) is 0 Å². The van der Waals surface area contributed by atoms with E-state index in [9.17, 15) is 0 Å². The van der Waals surface area contributed by atoms with Gasteiger partial charge in [-0.05, 0) is 34.6 Å². The topological polar surface area (TPSA) is 48.9 Å². The summed E-state index contributed by atoms with van der Waals surface area (Å²) in [6, 6.07) is 0. The first-order chi connectivity index (χ1) is 8.32. The highest BCUT2D eigenvalue weighted by Gasteiger charge is 2.09. The van der Waals surface area contributed by atoms with Gasteiger partial charge in [0.1, 0.15) is 12.0 Å². The first kappa shape index (κ1) is 18.0. The van der Waals surface area contributed by atoms with Crippen LogP contribution in [-0.2, 0) is 4.74 Å². The molecule has 0 heterocycles. The molecule has 2 N–H and O–H groups in total. The van der Waals surface area contributed by atoms with Crippen LogP contribution < -0.4 is 10.9 Å². The van der Waals surface area contributed by atoms with E-state index in [1.54, 1.807) is 0 Å². The van der Waals surface area contributed by atoms with Crippen molar-refractivity contribution in [3.8, 4) is 0 Å². The molecule has 0 aliphatic rings. The summed E-state index contributed by atoms with van der Waals surface area (Å²) >= 11 is 10.1. The molecule has 0 aromatic heterocycles. The monoisotopic (exact) mass is 296 g/mol. The average molecular weight is 297 g/mol. The van der Waals surface area contributed by atoms with Crippen LogP contribution in [0.25, 0.3) is 0 Å². The van der Waals surface area contributed by atoms with E-state index in [0.29, 0.717) is 6.61 Å². The summed E-state index contributed by atoms with van der Waals surface area (Å²) in [6.07, 6.45) is 0.201. The van der Waals surface area contributed by atoms with Crippen molar-refractivity contribution < 1.29 is 4.74 Å². The molecule has 0 saturated carbocycles. The minimum atomic E-state index is -0.156. The van der Waals surface area contributed by atoms with E-state index >= 15 is 0 Å². The minimum Gasteiger partial charge on any atom is -0.377 e. The predicted molar refractivity (Wildman–Crippen MR) is 80.9 cm³/mol. The summed E-state index contributed by atoms with van der Waals surface area (Å²) < 4.78 is 7.29. The second kappa shape index (κ2) is 9.86. The SMILES string of the molecule is C/C(=N/C(C)N(S)CCOC(C)C)NN[C@@H](C)Cl. The van der Waals surface area contributed by atoms with Gasteiger partial charge in [0.05, 0.1) is 18.2 Å². The summed E-state index contributed by atoms with van der Waals surface area (Å²) in [7, 11) is 0. The maximum absolute atomic E-state index is 5.75. The number of ether oxygens (including phenoxy) is 1. The lowest BCUT2D eigenvalue weighted by atomic mass is 10.5. The molecule has 0 aliphatic heterocycles. The predicted octanol–water partition coefficient (Wildman–Crippen LogP) is 2.00. The molecule has 0 spiro atoms. The number of aliphatic imine (C=N–C) groups is 1. The second-order valence-electron chi connectivity index (χ2n) is 4.31. The molecule has 2 atom stereocenters. The summed E-state index contributed by atoms with van der Waals surface area (Å²) in [4.78, 5) is 4.42. The molecule has 108 valence electrons.